The number of hydrogen-bond acceptors (Lipinski definition) is 4. The molecule has 0 aliphatic rings. The van der Waals surface area contributed by atoms with Crippen LogP contribution in [0.5, 0.6) is 0 Å². The first-order valence-corrected chi connectivity index (χ1v) is 7.40. The van der Waals surface area contributed by atoms with Crippen LogP contribution >= 0.6 is 11.8 Å². The summed E-state index contributed by atoms with van der Waals surface area (Å²) in [6.45, 7) is 6.21. The summed E-state index contributed by atoms with van der Waals surface area (Å²) in [6.07, 6.45) is 0. The van der Waals surface area contributed by atoms with Gasteiger partial charge in [0.2, 0.25) is 0 Å². The fraction of sp³-hybridized carbons (Fsp3) is 0.333. The molecule has 0 saturated heterocycles. The van der Waals surface area contributed by atoms with Crippen LogP contribution < -0.4 is 5.32 Å². The normalized spacial score (nSPS) is 10.5. The van der Waals surface area contributed by atoms with Crippen molar-refractivity contribution in [1.82, 2.24) is 9.97 Å². The van der Waals surface area contributed by atoms with Crippen molar-refractivity contribution in [2.24, 2.45) is 0 Å². The summed E-state index contributed by atoms with van der Waals surface area (Å²) in [6, 6.07) is 8.42. The first kappa shape index (κ1) is 13.9. The zero-order valence-electron chi connectivity index (χ0n) is 11.8. The molecule has 0 radical (unpaired) electrons. The Hall–Kier alpha value is -1.55. The Morgan fingerprint density at radius 1 is 1.11 bits per heavy atom. The van der Waals surface area contributed by atoms with E-state index in [1.54, 1.807) is 0 Å². The SMILES string of the molecule is CCSc1ccc(-c2nc(C)c(C)c(NC)n2)cc1. The molecule has 1 aromatic heterocycles. The largest absolute Gasteiger partial charge is 0.373 e. The predicted molar refractivity (Wildman–Crippen MR) is 82.9 cm³/mol. The van der Waals surface area contributed by atoms with Crippen LogP contribution in [0.3, 0.4) is 0 Å². The lowest BCUT2D eigenvalue weighted by Crippen LogP contribution is -2.02. The minimum atomic E-state index is 0.778. The van der Waals surface area contributed by atoms with Gasteiger partial charge in [-0.2, -0.15) is 0 Å². The standard InChI is InChI=1S/C15H19N3S/c1-5-19-13-8-6-12(7-9-13)15-17-11(3)10(2)14(16-4)18-15/h6-9H,5H2,1-4H3,(H,16,17,18). The molecule has 2 aromatic rings. The van der Waals surface area contributed by atoms with Gasteiger partial charge in [-0.25, -0.2) is 9.97 Å². The van der Waals surface area contributed by atoms with Crippen molar-refractivity contribution in [1.29, 1.82) is 0 Å². The molecular formula is C15H19N3S. The van der Waals surface area contributed by atoms with E-state index in [4.69, 9.17) is 0 Å². The summed E-state index contributed by atoms with van der Waals surface area (Å²) in [5.41, 5.74) is 3.17. The molecule has 0 aliphatic heterocycles. The topological polar surface area (TPSA) is 37.8 Å². The van der Waals surface area contributed by atoms with Gasteiger partial charge in [0.15, 0.2) is 5.82 Å². The highest BCUT2D eigenvalue weighted by molar-refractivity contribution is 7.99. The molecule has 0 spiro atoms. The molecule has 0 fully saturated rings. The van der Waals surface area contributed by atoms with E-state index in [0.717, 1.165) is 34.2 Å². The lowest BCUT2D eigenvalue weighted by Gasteiger charge is -2.10. The van der Waals surface area contributed by atoms with Gasteiger partial charge >= 0.3 is 0 Å². The maximum atomic E-state index is 4.57. The number of hydrogen-bond donors (Lipinski definition) is 1. The molecule has 0 bridgehead atoms. The second-order valence-electron chi connectivity index (χ2n) is 4.31. The number of benzene rings is 1. The Kier molecular flexibility index (Phi) is 4.43. The van der Waals surface area contributed by atoms with Crippen molar-refractivity contribution in [2.45, 2.75) is 25.7 Å². The smallest absolute Gasteiger partial charge is 0.161 e. The number of aryl methyl sites for hydroxylation is 1. The van der Waals surface area contributed by atoms with Crippen LogP contribution in [0.1, 0.15) is 18.2 Å². The Bertz CT molecular complexity index is 564. The third-order valence-corrected chi connectivity index (χ3v) is 3.94. The Morgan fingerprint density at radius 3 is 2.37 bits per heavy atom. The van der Waals surface area contributed by atoms with Crippen molar-refractivity contribution in [2.75, 3.05) is 18.1 Å². The minimum absolute atomic E-state index is 0.778. The molecule has 0 atom stereocenters. The molecule has 2 rings (SSSR count). The van der Waals surface area contributed by atoms with E-state index in [1.165, 1.54) is 4.90 Å². The first-order chi connectivity index (χ1) is 9.15. The van der Waals surface area contributed by atoms with Crippen molar-refractivity contribution in [3.63, 3.8) is 0 Å². The summed E-state index contributed by atoms with van der Waals surface area (Å²) < 4.78 is 0. The monoisotopic (exact) mass is 273 g/mol. The van der Waals surface area contributed by atoms with Crippen molar-refractivity contribution in [3.05, 3.63) is 35.5 Å². The summed E-state index contributed by atoms with van der Waals surface area (Å²) >= 11 is 1.84. The number of thioether (sulfide) groups is 1. The van der Waals surface area contributed by atoms with E-state index < -0.39 is 0 Å². The van der Waals surface area contributed by atoms with Crippen LogP contribution in [0, 0.1) is 13.8 Å². The summed E-state index contributed by atoms with van der Waals surface area (Å²) in [7, 11) is 1.89. The number of nitrogens with one attached hydrogen (secondary N) is 1. The second kappa shape index (κ2) is 6.06. The van der Waals surface area contributed by atoms with Gasteiger partial charge in [-0.05, 0) is 31.7 Å². The molecule has 100 valence electrons. The molecule has 3 nitrogen and oxygen atoms in total. The fourth-order valence-electron chi connectivity index (χ4n) is 1.87. The maximum absolute atomic E-state index is 4.57. The van der Waals surface area contributed by atoms with Crippen LogP contribution in [0.2, 0.25) is 0 Å². The van der Waals surface area contributed by atoms with Gasteiger partial charge in [-0.1, -0.05) is 19.1 Å². The zero-order valence-corrected chi connectivity index (χ0v) is 12.6. The van der Waals surface area contributed by atoms with Crippen molar-refractivity contribution in [3.8, 4) is 11.4 Å². The van der Waals surface area contributed by atoms with Gasteiger partial charge in [0.05, 0.1) is 0 Å². The average Bonchev–Trinajstić information content (AvgIpc) is 2.43. The average molecular weight is 273 g/mol. The van der Waals surface area contributed by atoms with Crippen molar-refractivity contribution >= 4 is 17.6 Å². The van der Waals surface area contributed by atoms with E-state index in [0.29, 0.717) is 0 Å². The molecule has 1 heterocycles. The predicted octanol–water partition coefficient (Wildman–Crippen LogP) is 3.91. The van der Waals surface area contributed by atoms with Crippen molar-refractivity contribution < 1.29 is 0 Å². The molecule has 1 N–H and O–H groups in total. The fourth-order valence-corrected chi connectivity index (χ4v) is 2.53. The highest BCUT2D eigenvalue weighted by atomic mass is 32.2. The quantitative estimate of drug-likeness (QED) is 0.857. The lowest BCUT2D eigenvalue weighted by molar-refractivity contribution is 1.07. The van der Waals surface area contributed by atoms with Gasteiger partial charge < -0.3 is 5.32 Å². The first-order valence-electron chi connectivity index (χ1n) is 6.42. The Morgan fingerprint density at radius 2 is 1.79 bits per heavy atom. The zero-order chi connectivity index (χ0) is 13.8. The van der Waals surface area contributed by atoms with Crippen LogP contribution in [-0.2, 0) is 0 Å². The molecule has 0 amide bonds. The molecule has 4 heteroatoms. The van der Waals surface area contributed by atoms with E-state index in [9.17, 15) is 0 Å². The third-order valence-electron chi connectivity index (χ3n) is 3.05. The Labute approximate surface area is 118 Å². The Balaban J connectivity index is 2.38. The van der Waals surface area contributed by atoms with Gasteiger partial charge in [0, 0.05) is 28.8 Å². The van der Waals surface area contributed by atoms with E-state index >= 15 is 0 Å². The second-order valence-corrected chi connectivity index (χ2v) is 5.65. The number of aromatic nitrogens is 2. The molecular weight excluding hydrogens is 254 g/mol. The molecule has 0 saturated carbocycles. The van der Waals surface area contributed by atoms with Gasteiger partial charge in [-0.3, -0.25) is 0 Å². The number of anilines is 1. The summed E-state index contributed by atoms with van der Waals surface area (Å²) in [5, 5.41) is 3.12. The number of nitrogens with zero attached hydrogens (tertiary/aromatic N) is 2. The van der Waals surface area contributed by atoms with E-state index in [1.807, 2.05) is 32.7 Å². The van der Waals surface area contributed by atoms with Crippen LogP contribution in [0.4, 0.5) is 5.82 Å². The van der Waals surface area contributed by atoms with E-state index in [-0.39, 0.29) is 0 Å². The van der Waals surface area contributed by atoms with Gasteiger partial charge in [0.25, 0.3) is 0 Å². The highest BCUT2D eigenvalue weighted by Crippen LogP contribution is 2.24. The highest BCUT2D eigenvalue weighted by Gasteiger charge is 2.08. The van der Waals surface area contributed by atoms with Crippen LogP contribution in [0.25, 0.3) is 11.4 Å². The van der Waals surface area contributed by atoms with Gasteiger partial charge in [0.1, 0.15) is 5.82 Å². The minimum Gasteiger partial charge on any atom is -0.373 e. The molecule has 19 heavy (non-hydrogen) atoms. The van der Waals surface area contributed by atoms with E-state index in [2.05, 4.69) is 46.5 Å². The van der Waals surface area contributed by atoms with Gasteiger partial charge in [-0.15, -0.1) is 11.8 Å². The maximum Gasteiger partial charge on any atom is 0.161 e. The van der Waals surface area contributed by atoms with Crippen LogP contribution in [-0.4, -0.2) is 22.8 Å². The lowest BCUT2D eigenvalue weighted by atomic mass is 10.2. The third kappa shape index (κ3) is 3.07. The summed E-state index contributed by atoms with van der Waals surface area (Å²) in [5.74, 6) is 2.76. The number of rotatable bonds is 4. The van der Waals surface area contributed by atoms with Crippen LogP contribution in [0.15, 0.2) is 29.2 Å². The molecule has 1 aromatic carbocycles. The summed E-state index contributed by atoms with van der Waals surface area (Å²) in [4.78, 5) is 10.4. The molecule has 0 unspecified atom stereocenters. The molecule has 0 aliphatic carbocycles.